The molecule has 4 heteroatoms. The van der Waals surface area contributed by atoms with Crippen molar-refractivity contribution in [3.8, 4) is 11.5 Å². The average molecular weight is 251 g/mol. The highest BCUT2D eigenvalue weighted by Crippen LogP contribution is 2.35. The second kappa shape index (κ2) is 4.78. The van der Waals surface area contributed by atoms with Crippen molar-refractivity contribution in [1.29, 1.82) is 0 Å². The molecule has 1 N–H and O–H groups in total. The Balaban J connectivity index is 1.67. The van der Waals surface area contributed by atoms with Gasteiger partial charge in [-0.3, -0.25) is 0 Å². The van der Waals surface area contributed by atoms with Crippen molar-refractivity contribution in [1.82, 2.24) is 5.32 Å². The number of nitrogens with one attached hydrogen (secondary N) is 1. The molecule has 3 nitrogen and oxygen atoms in total. The highest BCUT2D eigenvalue weighted by molar-refractivity contribution is 8.00. The van der Waals surface area contributed by atoms with Gasteiger partial charge in [-0.1, -0.05) is 19.1 Å². The average Bonchev–Trinajstić information content (AvgIpc) is 2.95. The van der Waals surface area contributed by atoms with E-state index in [0.29, 0.717) is 18.1 Å². The molecule has 0 aliphatic carbocycles. The Morgan fingerprint density at radius 3 is 3.18 bits per heavy atom. The fourth-order valence-electron chi connectivity index (χ4n) is 2.37. The maximum Gasteiger partial charge on any atom is 0.231 e. The molecule has 92 valence electrons. The number of fused-ring (bicyclic) bond motifs is 1. The van der Waals surface area contributed by atoms with Gasteiger partial charge < -0.3 is 14.8 Å². The number of hydrogen-bond acceptors (Lipinski definition) is 4. The summed E-state index contributed by atoms with van der Waals surface area (Å²) in [6, 6.07) is 6.71. The summed E-state index contributed by atoms with van der Waals surface area (Å²) in [7, 11) is 0. The molecule has 0 aromatic heterocycles. The maximum absolute atomic E-state index is 5.50. The van der Waals surface area contributed by atoms with Gasteiger partial charge in [0.2, 0.25) is 6.79 Å². The minimum absolute atomic E-state index is 0.349. The zero-order valence-corrected chi connectivity index (χ0v) is 10.8. The van der Waals surface area contributed by atoms with Crippen molar-refractivity contribution in [2.45, 2.75) is 31.2 Å². The second-order valence-electron chi connectivity index (χ2n) is 4.50. The molecule has 0 amide bonds. The van der Waals surface area contributed by atoms with Crippen LogP contribution in [0.4, 0.5) is 0 Å². The third-order valence-corrected chi connectivity index (χ3v) is 4.73. The molecular formula is C13H17NO2S. The van der Waals surface area contributed by atoms with Crippen LogP contribution in [-0.4, -0.2) is 23.8 Å². The van der Waals surface area contributed by atoms with E-state index in [9.17, 15) is 0 Å². The predicted molar refractivity (Wildman–Crippen MR) is 69.7 cm³/mol. The summed E-state index contributed by atoms with van der Waals surface area (Å²) < 4.78 is 10.9. The first-order valence-electron chi connectivity index (χ1n) is 6.07. The molecule has 1 aromatic rings. The Labute approximate surface area is 106 Å². The number of para-hydroxylation sites is 1. The first kappa shape index (κ1) is 11.2. The Hall–Kier alpha value is -0.870. The van der Waals surface area contributed by atoms with E-state index in [1.54, 1.807) is 0 Å². The van der Waals surface area contributed by atoms with Crippen LogP contribution in [0.1, 0.15) is 18.9 Å². The predicted octanol–water partition coefficient (Wildman–Crippen LogP) is 2.40. The molecule has 1 fully saturated rings. The van der Waals surface area contributed by atoms with Crippen LogP contribution in [-0.2, 0) is 6.54 Å². The Morgan fingerprint density at radius 1 is 1.41 bits per heavy atom. The SMILES string of the molecule is CC1SCCC1NCc1cccc2c1OCO2. The van der Waals surface area contributed by atoms with Gasteiger partial charge in [0.1, 0.15) is 0 Å². The fraction of sp³-hybridized carbons (Fsp3) is 0.538. The van der Waals surface area contributed by atoms with Crippen LogP contribution in [0.25, 0.3) is 0 Å². The van der Waals surface area contributed by atoms with Crippen LogP contribution in [0.15, 0.2) is 18.2 Å². The van der Waals surface area contributed by atoms with Crippen LogP contribution < -0.4 is 14.8 Å². The van der Waals surface area contributed by atoms with Gasteiger partial charge in [-0.25, -0.2) is 0 Å². The van der Waals surface area contributed by atoms with Gasteiger partial charge in [0.25, 0.3) is 0 Å². The monoisotopic (exact) mass is 251 g/mol. The topological polar surface area (TPSA) is 30.5 Å². The maximum atomic E-state index is 5.50. The van der Waals surface area contributed by atoms with E-state index in [1.165, 1.54) is 17.7 Å². The van der Waals surface area contributed by atoms with Crippen LogP contribution in [0, 0.1) is 0 Å². The molecule has 2 heterocycles. The fourth-order valence-corrected chi connectivity index (χ4v) is 3.60. The largest absolute Gasteiger partial charge is 0.454 e. The van der Waals surface area contributed by atoms with E-state index in [1.807, 2.05) is 23.9 Å². The van der Waals surface area contributed by atoms with Gasteiger partial charge in [-0.2, -0.15) is 11.8 Å². The lowest BCUT2D eigenvalue weighted by molar-refractivity contribution is 0.173. The van der Waals surface area contributed by atoms with Gasteiger partial charge in [0.05, 0.1) is 0 Å². The zero-order chi connectivity index (χ0) is 11.7. The smallest absolute Gasteiger partial charge is 0.231 e. The van der Waals surface area contributed by atoms with E-state index >= 15 is 0 Å². The zero-order valence-electron chi connectivity index (χ0n) is 9.94. The first-order valence-corrected chi connectivity index (χ1v) is 7.12. The molecule has 0 spiro atoms. The third-order valence-electron chi connectivity index (χ3n) is 3.41. The summed E-state index contributed by atoms with van der Waals surface area (Å²) in [6.45, 7) is 3.51. The van der Waals surface area contributed by atoms with Crippen molar-refractivity contribution in [3.63, 3.8) is 0 Å². The summed E-state index contributed by atoms with van der Waals surface area (Å²) in [5.41, 5.74) is 1.20. The first-order chi connectivity index (χ1) is 8.34. The molecular weight excluding hydrogens is 234 g/mol. The van der Waals surface area contributed by atoms with Crippen LogP contribution in [0.3, 0.4) is 0 Å². The lowest BCUT2D eigenvalue weighted by atomic mass is 10.1. The minimum atomic E-state index is 0.349. The van der Waals surface area contributed by atoms with Crippen molar-refractivity contribution in [3.05, 3.63) is 23.8 Å². The standard InChI is InChI=1S/C13H17NO2S/c1-9-11(5-6-17-9)14-7-10-3-2-4-12-13(10)16-8-15-12/h2-4,9,11,14H,5-8H2,1H3. The van der Waals surface area contributed by atoms with Gasteiger partial charge in [0, 0.05) is 23.4 Å². The number of hydrogen-bond donors (Lipinski definition) is 1. The lowest BCUT2D eigenvalue weighted by Gasteiger charge is -2.17. The van der Waals surface area contributed by atoms with E-state index < -0.39 is 0 Å². The third kappa shape index (κ3) is 2.24. The Bertz CT molecular complexity index is 410. The number of benzene rings is 1. The van der Waals surface area contributed by atoms with Crippen LogP contribution in [0.2, 0.25) is 0 Å². The number of ether oxygens (including phenoxy) is 2. The van der Waals surface area contributed by atoms with Crippen LogP contribution in [0.5, 0.6) is 11.5 Å². The molecule has 2 atom stereocenters. The molecule has 17 heavy (non-hydrogen) atoms. The summed E-state index contributed by atoms with van der Waals surface area (Å²) in [5, 5.41) is 4.33. The summed E-state index contributed by atoms with van der Waals surface area (Å²) in [6.07, 6.45) is 1.26. The van der Waals surface area contributed by atoms with Gasteiger partial charge >= 0.3 is 0 Å². The highest BCUT2D eigenvalue weighted by Gasteiger charge is 2.24. The highest BCUT2D eigenvalue weighted by atomic mass is 32.2. The van der Waals surface area contributed by atoms with Crippen molar-refractivity contribution in [2.24, 2.45) is 0 Å². The van der Waals surface area contributed by atoms with Gasteiger partial charge in [-0.05, 0) is 18.2 Å². The van der Waals surface area contributed by atoms with Gasteiger partial charge in [0.15, 0.2) is 11.5 Å². The molecule has 0 bridgehead atoms. The van der Waals surface area contributed by atoms with E-state index in [4.69, 9.17) is 9.47 Å². The van der Waals surface area contributed by atoms with Crippen molar-refractivity contribution < 1.29 is 9.47 Å². The normalized spacial score (nSPS) is 26.4. The Kier molecular flexibility index (Phi) is 3.16. The van der Waals surface area contributed by atoms with Crippen molar-refractivity contribution >= 4 is 11.8 Å². The molecule has 1 saturated heterocycles. The van der Waals surface area contributed by atoms with Gasteiger partial charge in [-0.15, -0.1) is 0 Å². The van der Waals surface area contributed by atoms with Crippen molar-refractivity contribution in [2.75, 3.05) is 12.5 Å². The van der Waals surface area contributed by atoms with Crippen LogP contribution >= 0.6 is 11.8 Å². The molecule has 1 aromatic carbocycles. The lowest BCUT2D eigenvalue weighted by Crippen LogP contribution is -2.32. The second-order valence-corrected chi connectivity index (χ2v) is 5.99. The molecule has 0 saturated carbocycles. The molecule has 2 unspecified atom stereocenters. The summed E-state index contributed by atoms with van der Waals surface area (Å²) in [4.78, 5) is 0. The summed E-state index contributed by atoms with van der Waals surface area (Å²) in [5.74, 6) is 3.06. The van der Waals surface area contributed by atoms with E-state index in [2.05, 4.69) is 18.3 Å². The number of thioether (sulfide) groups is 1. The van der Waals surface area contributed by atoms with E-state index in [-0.39, 0.29) is 0 Å². The molecule has 0 radical (unpaired) electrons. The summed E-state index contributed by atoms with van der Waals surface area (Å²) >= 11 is 2.05. The Morgan fingerprint density at radius 2 is 2.35 bits per heavy atom. The number of rotatable bonds is 3. The minimum Gasteiger partial charge on any atom is -0.454 e. The molecule has 3 rings (SSSR count). The van der Waals surface area contributed by atoms with E-state index in [0.717, 1.165) is 18.0 Å². The molecule has 2 aliphatic heterocycles. The molecule has 2 aliphatic rings. The quantitative estimate of drug-likeness (QED) is 0.893.